The second-order valence-electron chi connectivity index (χ2n) is 3.38. The highest BCUT2D eigenvalue weighted by Gasteiger charge is 2.05. The summed E-state index contributed by atoms with van der Waals surface area (Å²) in [4.78, 5) is 2.44. The topological polar surface area (TPSA) is 3.24 Å². The van der Waals surface area contributed by atoms with Gasteiger partial charge in [-0.05, 0) is 18.1 Å². The minimum Gasteiger partial charge on any atom is -0.295 e. The van der Waals surface area contributed by atoms with Crippen LogP contribution in [0.3, 0.4) is 0 Å². The fraction of sp³-hybridized carbons (Fsp3) is 0.333. The summed E-state index contributed by atoms with van der Waals surface area (Å²) in [6, 6.07) is 10.6. The maximum Gasteiger partial charge on any atom is 0.0237 e. The van der Waals surface area contributed by atoms with Gasteiger partial charge in [-0.15, -0.1) is 0 Å². The van der Waals surface area contributed by atoms with Gasteiger partial charge in [-0.1, -0.05) is 36.4 Å². The lowest BCUT2D eigenvalue weighted by Crippen LogP contribution is -2.26. The Kier molecular flexibility index (Phi) is 2.78. The Hall–Kier alpha value is -1.08. The molecular weight excluding hydrogens is 158 g/mol. The van der Waals surface area contributed by atoms with Crippen molar-refractivity contribution in [2.45, 2.75) is 13.0 Å². The van der Waals surface area contributed by atoms with Crippen molar-refractivity contribution >= 4 is 0 Å². The first-order valence-electron chi connectivity index (χ1n) is 4.76. The van der Waals surface area contributed by atoms with E-state index < -0.39 is 0 Å². The number of benzene rings is 1. The highest BCUT2D eigenvalue weighted by molar-refractivity contribution is 5.14. The van der Waals surface area contributed by atoms with Gasteiger partial charge in [-0.3, -0.25) is 4.90 Å². The molecule has 1 radical (unpaired) electrons. The van der Waals surface area contributed by atoms with Crippen LogP contribution in [0.15, 0.2) is 36.4 Å². The van der Waals surface area contributed by atoms with Crippen molar-refractivity contribution in [3.63, 3.8) is 0 Å². The average molecular weight is 172 g/mol. The molecule has 13 heavy (non-hydrogen) atoms. The van der Waals surface area contributed by atoms with Crippen LogP contribution in [-0.2, 0) is 6.54 Å². The van der Waals surface area contributed by atoms with Crippen LogP contribution in [-0.4, -0.2) is 18.0 Å². The van der Waals surface area contributed by atoms with Crippen molar-refractivity contribution in [2.75, 3.05) is 13.1 Å². The molecule has 0 amide bonds. The monoisotopic (exact) mass is 172 g/mol. The third-order valence-corrected chi connectivity index (χ3v) is 2.32. The van der Waals surface area contributed by atoms with Gasteiger partial charge in [0.1, 0.15) is 0 Å². The minimum absolute atomic E-state index is 1.05. The van der Waals surface area contributed by atoms with E-state index in [9.17, 15) is 0 Å². The van der Waals surface area contributed by atoms with Crippen molar-refractivity contribution in [3.8, 4) is 0 Å². The van der Waals surface area contributed by atoms with E-state index in [4.69, 9.17) is 0 Å². The van der Waals surface area contributed by atoms with Crippen molar-refractivity contribution in [1.29, 1.82) is 0 Å². The Morgan fingerprint density at radius 2 is 2.08 bits per heavy atom. The molecule has 2 rings (SSSR count). The first-order chi connectivity index (χ1) is 6.45. The molecule has 0 fully saturated rings. The van der Waals surface area contributed by atoms with E-state index >= 15 is 0 Å². The van der Waals surface area contributed by atoms with Crippen LogP contribution in [0.4, 0.5) is 0 Å². The molecule has 67 valence electrons. The first kappa shape index (κ1) is 8.52. The van der Waals surface area contributed by atoms with Crippen LogP contribution in [0, 0.1) is 6.08 Å². The molecule has 1 aliphatic heterocycles. The molecule has 1 nitrogen and oxygen atoms in total. The van der Waals surface area contributed by atoms with Crippen LogP contribution in [0.1, 0.15) is 12.0 Å². The van der Waals surface area contributed by atoms with Crippen LogP contribution in [0.2, 0.25) is 0 Å². The van der Waals surface area contributed by atoms with Crippen molar-refractivity contribution in [1.82, 2.24) is 4.90 Å². The van der Waals surface area contributed by atoms with Crippen LogP contribution >= 0.6 is 0 Å². The normalized spacial score (nSPS) is 17.5. The lowest BCUT2D eigenvalue weighted by molar-refractivity contribution is 0.288. The summed E-state index contributed by atoms with van der Waals surface area (Å²) in [7, 11) is 0. The molecular formula is C12H14N. The molecule has 0 unspecified atom stereocenters. The average Bonchev–Trinajstić information content (AvgIpc) is 2.21. The van der Waals surface area contributed by atoms with E-state index in [2.05, 4.69) is 47.4 Å². The Balaban J connectivity index is 1.94. The van der Waals surface area contributed by atoms with Crippen molar-refractivity contribution in [2.24, 2.45) is 0 Å². The summed E-state index contributed by atoms with van der Waals surface area (Å²) in [5.74, 6) is 0. The summed E-state index contributed by atoms with van der Waals surface area (Å²) < 4.78 is 0. The maximum atomic E-state index is 3.23. The standard InChI is InChI=1S/C12H14N/c1-3-7-12(8-4-1)11-13-9-5-2-6-10-13/h1,3-5,7-8H,6,9-11H2. The second-order valence-corrected chi connectivity index (χ2v) is 3.38. The molecule has 0 N–H and O–H groups in total. The Morgan fingerprint density at radius 3 is 2.77 bits per heavy atom. The van der Waals surface area contributed by atoms with Crippen molar-refractivity contribution in [3.05, 3.63) is 48.0 Å². The van der Waals surface area contributed by atoms with E-state index in [1.54, 1.807) is 0 Å². The van der Waals surface area contributed by atoms with E-state index in [1.165, 1.54) is 5.56 Å². The van der Waals surface area contributed by atoms with E-state index in [0.29, 0.717) is 0 Å². The smallest absolute Gasteiger partial charge is 0.0237 e. The zero-order valence-electron chi connectivity index (χ0n) is 7.74. The van der Waals surface area contributed by atoms with Crippen LogP contribution in [0.5, 0.6) is 0 Å². The third kappa shape index (κ3) is 2.43. The maximum absolute atomic E-state index is 3.23. The number of rotatable bonds is 2. The Bertz CT molecular complexity index is 276. The summed E-state index contributed by atoms with van der Waals surface area (Å²) in [5.41, 5.74) is 1.40. The minimum atomic E-state index is 1.05. The predicted molar refractivity (Wildman–Crippen MR) is 54.1 cm³/mol. The predicted octanol–water partition coefficient (Wildman–Crippen LogP) is 2.25. The summed E-state index contributed by atoms with van der Waals surface area (Å²) >= 11 is 0. The SMILES string of the molecule is [C]1=CCN(Cc2ccccc2)CC1. The van der Waals surface area contributed by atoms with Gasteiger partial charge in [0.2, 0.25) is 0 Å². The Labute approximate surface area is 79.7 Å². The zero-order valence-corrected chi connectivity index (χ0v) is 7.74. The molecule has 0 saturated carbocycles. The Morgan fingerprint density at radius 1 is 1.23 bits per heavy atom. The van der Waals surface area contributed by atoms with Gasteiger partial charge < -0.3 is 0 Å². The van der Waals surface area contributed by atoms with Gasteiger partial charge >= 0.3 is 0 Å². The molecule has 0 bridgehead atoms. The quantitative estimate of drug-likeness (QED) is 0.661. The van der Waals surface area contributed by atoms with Gasteiger partial charge in [0.15, 0.2) is 0 Å². The van der Waals surface area contributed by atoms with Gasteiger partial charge in [-0.25, -0.2) is 0 Å². The fourth-order valence-electron chi connectivity index (χ4n) is 1.59. The molecule has 0 aromatic heterocycles. The molecule has 1 aromatic rings. The van der Waals surface area contributed by atoms with Gasteiger partial charge in [-0.2, -0.15) is 0 Å². The van der Waals surface area contributed by atoms with Gasteiger partial charge in [0.05, 0.1) is 0 Å². The van der Waals surface area contributed by atoms with Crippen molar-refractivity contribution < 1.29 is 0 Å². The fourth-order valence-corrected chi connectivity index (χ4v) is 1.59. The van der Waals surface area contributed by atoms with E-state index in [-0.39, 0.29) is 0 Å². The molecule has 0 spiro atoms. The molecule has 0 atom stereocenters. The molecule has 1 aromatic carbocycles. The van der Waals surface area contributed by atoms with E-state index in [1.807, 2.05) is 0 Å². The molecule has 1 aliphatic rings. The van der Waals surface area contributed by atoms with Crippen LogP contribution < -0.4 is 0 Å². The number of nitrogens with zero attached hydrogens (tertiary/aromatic N) is 1. The number of hydrogen-bond acceptors (Lipinski definition) is 1. The summed E-state index contributed by atoms with van der Waals surface area (Å²) in [5, 5.41) is 0. The molecule has 1 heterocycles. The number of hydrogen-bond donors (Lipinski definition) is 0. The largest absolute Gasteiger partial charge is 0.295 e. The molecule has 0 aliphatic carbocycles. The lowest BCUT2D eigenvalue weighted by atomic mass is 10.2. The van der Waals surface area contributed by atoms with Crippen LogP contribution in [0.25, 0.3) is 0 Å². The molecule has 0 saturated heterocycles. The summed E-state index contributed by atoms with van der Waals surface area (Å²) in [6.07, 6.45) is 6.44. The summed E-state index contributed by atoms with van der Waals surface area (Å²) in [6.45, 7) is 3.26. The highest BCUT2D eigenvalue weighted by Crippen LogP contribution is 2.07. The van der Waals surface area contributed by atoms with Gasteiger partial charge in [0.25, 0.3) is 0 Å². The lowest BCUT2D eigenvalue weighted by Gasteiger charge is -2.22. The zero-order chi connectivity index (χ0) is 8.93. The van der Waals surface area contributed by atoms with Gasteiger partial charge in [0, 0.05) is 19.6 Å². The highest BCUT2D eigenvalue weighted by atomic mass is 15.1. The second kappa shape index (κ2) is 4.24. The first-order valence-corrected chi connectivity index (χ1v) is 4.76. The molecule has 1 heteroatoms. The van der Waals surface area contributed by atoms with E-state index in [0.717, 1.165) is 26.1 Å². The third-order valence-electron chi connectivity index (χ3n) is 2.32.